The maximum atomic E-state index is 12.5. The monoisotopic (exact) mass is 328 g/mol. The minimum Gasteiger partial charge on any atom is -0.352 e. The van der Waals surface area contributed by atoms with E-state index in [1.54, 1.807) is 38.3 Å². The van der Waals surface area contributed by atoms with Crippen LogP contribution < -0.4 is 20.1 Å². The van der Waals surface area contributed by atoms with Gasteiger partial charge in [0.2, 0.25) is 0 Å². The standard InChI is InChI=1S/C16H16N4O2S/c1-3-18-14(21)12(10-17)16-20(4-2)15(22)13(23-16)9-11-7-5-6-8-19-11/h5-9H,3-4H2,1-2H3,(H,18,21)/b13-9-,16-12-. The lowest BCUT2D eigenvalue weighted by Gasteiger charge is -2.00. The molecule has 0 fully saturated rings. The number of thiazole rings is 1. The molecule has 0 saturated carbocycles. The fourth-order valence-corrected chi connectivity index (χ4v) is 3.18. The molecule has 7 heteroatoms. The summed E-state index contributed by atoms with van der Waals surface area (Å²) in [5.41, 5.74) is 0.379. The van der Waals surface area contributed by atoms with Crippen LogP contribution in [-0.2, 0) is 11.3 Å². The van der Waals surface area contributed by atoms with Crippen LogP contribution in [0.5, 0.6) is 0 Å². The first-order valence-corrected chi connectivity index (χ1v) is 7.99. The van der Waals surface area contributed by atoms with Gasteiger partial charge in [0.05, 0.1) is 10.2 Å². The fourth-order valence-electron chi connectivity index (χ4n) is 2.03. The molecule has 0 aliphatic carbocycles. The lowest BCUT2D eigenvalue weighted by atomic mass is 10.3. The van der Waals surface area contributed by atoms with E-state index in [1.165, 1.54) is 4.57 Å². The zero-order chi connectivity index (χ0) is 16.8. The summed E-state index contributed by atoms with van der Waals surface area (Å²) in [7, 11) is 0. The molecule has 0 bridgehead atoms. The van der Waals surface area contributed by atoms with E-state index in [4.69, 9.17) is 0 Å². The van der Waals surface area contributed by atoms with Gasteiger partial charge in [-0.2, -0.15) is 5.26 Å². The van der Waals surface area contributed by atoms with Crippen LogP contribution >= 0.6 is 11.3 Å². The molecule has 118 valence electrons. The molecule has 0 aliphatic heterocycles. The van der Waals surface area contributed by atoms with Crippen molar-refractivity contribution < 1.29 is 4.79 Å². The summed E-state index contributed by atoms with van der Waals surface area (Å²) < 4.78 is 2.25. The SMILES string of the molecule is CCNC(=O)/C(C#N)=c1\s/c(=C\c2ccccn2)c(=O)n1CC. The smallest absolute Gasteiger partial charge is 0.269 e. The first kappa shape index (κ1) is 16.6. The highest BCUT2D eigenvalue weighted by atomic mass is 32.1. The maximum absolute atomic E-state index is 12.5. The lowest BCUT2D eigenvalue weighted by Crippen LogP contribution is -2.34. The van der Waals surface area contributed by atoms with Crippen LogP contribution in [-0.4, -0.2) is 22.0 Å². The molecule has 0 spiro atoms. The van der Waals surface area contributed by atoms with Crippen molar-refractivity contribution >= 4 is 28.9 Å². The number of pyridine rings is 1. The number of nitrogens with zero attached hydrogens (tertiary/aromatic N) is 3. The molecule has 23 heavy (non-hydrogen) atoms. The van der Waals surface area contributed by atoms with E-state index in [-0.39, 0.29) is 11.1 Å². The Balaban J connectivity index is 2.75. The molecule has 2 rings (SSSR count). The van der Waals surface area contributed by atoms with Gasteiger partial charge in [0.15, 0.2) is 5.57 Å². The Bertz CT molecular complexity index is 920. The summed E-state index contributed by atoms with van der Waals surface area (Å²) in [5, 5.41) is 11.9. The molecule has 2 aromatic rings. The maximum Gasteiger partial charge on any atom is 0.269 e. The predicted octanol–water partition coefficient (Wildman–Crippen LogP) is -0.0361. The van der Waals surface area contributed by atoms with Gasteiger partial charge >= 0.3 is 0 Å². The minimum atomic E-state index is -0.470. The van der Waals surface area contributed by atoms with Gasteiger partial charge in [-0.1, -0.05) is 6.07 Å². The number of carbonyl (C=O) groups is 1. The summed E-state index contributed by atoms with van der Waals surface area (Å²) in [4.78, 5) is 28.7. The van der Waals surface area contributed by atoms with Crippen LogP contribution in [0.2, 0.25) is 0 Å². The molecule has 1 amide bonds. The van der Waals surface area contributed by atoms with Crippen LogP contribution in [0.4, 0.5) is 0 Å². The molecule has 0 aliphatic rings. The molecule has 0 saturated heterocycles. The van der Waals surface area contributed by atoms with Crippen LogP contribution in [0.3, 0.4) is 0 Å². The lowest BCUT2D eigenvalue weighted by molar-refractivity contribution is -0.115. The van der Waals surface area contributed by atoms with E-state index >= 15 is 0 Å². The molecule has 6 nitrogen and oxygen atoms in total. The van der Waals surface area contributed by atoms with Gasteiger partial charge in [-0.15, -0.1) is 11.3 Å². The fraction of sp³-hybridized carbons (Fsp3) is 0.250. The summed E-state index contributed by atoms with van der Waals surface area (Å²) in [5.74, 6) is -0.470. The largest absolute Gasteiger partial charge is 0.352 e. The molecule has 1 N–H and O–H groups in total. The first-order valence-electron chi connectivity index (χ1n) is 7.17. The van der Waals surface area contributed by atoms with Gasteiger partial charge in [-0.3, -0.25) is 19.1 Å². The quantitative estimate of drug-likeness (QED) is 0.853. The number of nitrogens with one attached hydrogen (secondary N) is 1. The van der Waals surface area contributed by atoms with Crippen LogP contribution in [0, 0.1) is 11.3 Å². The predicted molar refractivity (Wildman–Crippen MR) is 89.0 cm³/mol. The number of aromatic nitrogens is 2. The Morgan fingerprint density at radius 1 is 1.48 bits per heavy atom. The number of nitriles is 1. The summed E-state index contributed by atoms with van der Waals surface area (Å²) in [6.07, 6.45) is 3.30. The number of carbonyl (C=O) groups excluding carboxylic acids is 1. The van der Waals surface area contributed by atoms with E-state index < -0.39 is 5.91 Å². The average Bonchev–Trinajstić information content (AvgIpc) is 2.85. The molecule has 2 heterocycles. The highest BCUT2D eigenvalue weighted by molar-refractivity contribution is 7.07. The second-order valence-corrected chi connectivity index (χ2v) is 5.60. The minimum absolute atomic E-state index is 0.0449. The van der Waals surface area contributed by atoms with Crippen molar-refractivity contribution in [1.82, 2.24) is 14.9 Å². The van der Waals surface area contributed by atoms with E-state index in [0.29, 0.717) is 28.0 Å². The van der Waals surface area contributed by atoms with Crippen molar-refractivity contribution in [2.75, 3.05) is 6.54 Å². The second-order valence-electron chi connectivity index (χ2n) is 4.57. The van der Waals surface area contributed by atoms with Gasteiger partial charge < -0.3 is 5.32 Å². The van der Waals surface area contributed by atoms with Crippen molar-refractivity contribution in [1.29, 1.82) is 5.26 Å². The van der Waals surface area contributed by atoms with Gasteiger partial charge in [-0.05, 0) is 32.1 Å². The van der Waals surface area contributed by atoms with Crippen LogP contribution in [0.25, 0.3) is 11.6 Å². The number of amides is 1. The van der Waals surface area contributed by atoms with E-state index in [9.17, 15) is 14.9 Å². The molecular formula is C16H16N4O2S. The molecule has 2 aromatic heterocycles. The third-order valence-electron chi connectivity index (χ3n) is 3.08. The van der Waals surface area contributed by atoms with Crippen LogP contribution in [0.15, 0.2) is 29.2 Å². The van der Waals surface area contributed by atoms with E-state index in [0.717, 1.165) is 11.3 Å². The van der Waals surface area contributed by atoms with E-state index in [1.807, 2.05) is 12.1 Å². The van der Waals surface area contributed by atoms with Gasteiger partial charge in [0.1, 0.15) is 10.7 Å². The zero-order valence-electron chi connectivity index (χ0n) is 12.9. The third kappa shape index (κ3) is 3.55. The van der Waals surface area contributed by atoms with E-state index in [2.05, 4.69) is 10.3 Å². The topological polar surface area (TPSA) is 87.8 Å². The highest BCUT2D eigenvalue weighted by Gasteiger charge is 2.14. The van der Waals surface area contributed by atoms with Crippen molar-refractivity contribution in [3.63, 3.8) is 0 Å². The van der Waals surface area contributed by atoms with Crippen molar-refractivity contribution in [2.24, 2.45) is 0 Å². The molecular weight excluding hydrogens is 312 g/mol. The summed E-state index contributed by atoms with van der Waals surface area (Å²) in [6, 6.07) is 7.31. The zero-order valence-corrected chi connectivity index (χ0v) is 13.7. The van der Waals surface area contributed by atoms with Gasteiger partial charge in [0, 0.05) is 19.3 Å². The third-order valence-corrected chi connectivity index (χ3v) is 4.21. The number of rotatable bonds is 4. The second kappa shape index (κ2) is 7.51. The van der Waals surface area contributed by atoms with Crippen molar-refractivity contribution in [2.45, 2.75) is 20.4 Å². The molecule has 0 unspecified atom stereocenters. The normalized spacial score (nSPS) is 12.7. The Morgan fingerprint density at radius 2 is 2.26 bits per heavy atom. The Morgan fingerprint density at radius 3 is 2.83 bits per heavy atom. The highest BCUT2D eigenvalue weighted by Crippen LogP contribution is 1.95. The average molecular weight is 328 g/mol. The Labute approximate surface area is 137 Å². The molecule has 0 atom stereocenters. The summed E-state index contributed by atoms with van der Waals surface area (Å²) in [6.45, 7) is 4.37. The molecule has 0 radical (unpaired) electrons. The Kier molecular flexibility index (Phi) is 5.44. The van der Waals surface area contributed by atoms with Gasteiger partial charge in [0.25, 0.3) is 11.5 Å². The van der Waals surface area contributed by atoms with Crippen molar-refractivity contribution in [3.05, 3.63) is 49.6 Å². The number of hydrogen-bond acceptors (Lipinski definition) is 5. The van der Waals surface area contributed by atoms with Crippen LogP contribution in [0.1, 0.15) is 19.5 Å². The summed E-state index contributed by atoms with van der Waals surface area (Å²) >= 11 is 1.13. The molecule has 0 aromatic carbocycles. The van der Waals surface area contributed by atoms with Crippen molar-refractivity contribution in [3.8, 4) is 6.07 Å². The Hall–Kier alpha value is -2.72. The first-order chi connectivity index (χ1) is 11.1. The number of hydrogen-bond donors (Lipinski definition) is 1. The van der Waals surface area contributed by atoms with Gasteiger partial charge in [-0.25, -0.2) is 0 Å².